The van der Waals surface area contributed by atoms with E-state index in [4.69, 9.17) is 0 Å². The fraction of sp³-hybridized carbons (Fsp3) is 0.211. The third kappa shape index (κ3) is 3.05. The zero-order chi connectivity index (χ0) is 19.7. The van der Waals surface area contributed by atoms with Crippen LogP contribution >= 0.6 is 0 Å². The number of nitro groups is 1. The summed E-state index contributed by atoms with van der Waals surface area (Å²) in [7, 11) is 0. The summed E-state index contributed by atoms with van der Waals surface area (Å²) in [5, 5.41) is 11.2. The molecule has 3 rings (SSSR count). The van der Waals surface area contributed by atoms with Crippen molar-refractivity contribution in [2.45, 2.75) is 13.8 Å². The largest absolute Gasteiger partial charge is 0.311 e. The molecule has 1 aliphatic rings. The summed E-state index contributed by atoms with van der Waals surface area (Å²) in [5.74, 6) is -1.96. The number of carbonyl (C=O) groups excluding carboxylic acids is 3. The highest BCUT2D eigenvalue weighted by Crippen LogP contribution is 2.31. The van der Waals surface area contributed by atoms with E-state index in [0.717, 1.165) is 10.5 Å². The highest BCUT2D eigenvalue weighted by Gasteiger charge is 2.42. The van der Waals surface area contributed by atoms with Crippen LogP contribution in [0.5, 0.6) is 0 Å². The fourth-order valence-corrected chi connectivity index (χ4v) is 3.18. The second-order valence-electron chi connectivity index (χ2n) is 6.08. The van der Waals surface area contributed by atoms with Crippen molar-refractivity contribution in [3.8, 4) is 0 Å². The van der Waals surface area contributed by atoms with Crippen molar-refractivity contribution in [2.75, 3.05) is 18.0 Å². The maximum absolute atomic E-state index is 12.8. The summed E-state index contributed by atoms with van der Waals surface area (Å²) in [5.41, 5.74) is 0.811. The van der Waals surface area contributed by atoms with Crippen molar-refractivity contribution in [3.05, 3.63) is 69.3 Å². The van der Waals surface area contributed by atoms with Crippen LogP contribution in [0.4, 0.5) is 11.4 Å². The van der Waals surface area contributed by atoms with Gasteiger partial charge in [-0.2, -0.15) is 0 Å². The molecule has 0 unspecified atom stereocenters. The molecule has 138 valence electrons. The number of benzene rings is 2. The van der Waals surface area contributed by atoms with Crippen molar-refractivity contribution < 1.29 is 19.3 Å². The SMILES string of the molecule is CCN(C(=O)CN1C(=O)c2cccc([N+](=O)[O-])c2C1=O)c1ccccc1C. The minimum atomic E-state index is -0.823. The Morgan fingerprint density at radius 2 is 1.81 bits per heavy atom. The molecular weight excluding hydrogens is 350 g/mol. The molecule has 0 atom stereocenters. The van der Waals surface area contributed by atoms with E-state index in [2.05, 4.69) is 0 Å². The highest BCUT2D eigenvalue weighted by atomic mass is 16.6. The predicted molar refractivity (Wildman–Crippen MR) is 97.7 cm³/mol. The first-order valence-corrected chi connectivity index (χ1v) is 8.36. The summed E-state index contributed by atoms with van der Waals surface area (Å²) in [6, 6.07) is 11.1. The Kier molecular flexibility index (Phi) is 4.72. The van der Waals surface area contributed by atoms with Gasteiger partial charge in [0.15, 0.2) is 0 Å². The molecule has 2 aromatic rings. The quantitative estimate of drug-likeness (QED) is 0.459. The van der Waals surface area contributed by atoms with E-state index in [1.54, 1.807) is 19.1 Å². The molecule has 8 heteroatoms. The predicted octanol–water partition coefficient (Wildman–Crippen LogP) is 2.55. The Bertz CT molecular complexity index is 970. The summed E-state index contributed by atoms with van der Waals surface area (Å²) >= 11 is 0. The van der Waals surface area contributed by atoms with Crippen molar-refractivity contribution in [1.29, 1.82) is 0 Å². The topological polar surface area (TPSA) is 101 Å². The summed E-state index contributed by atoms with van der Waals surface area (Å²) < 4.78 is 0. The highest BCUT2D eigenvalue weighted by molar-refractivity contribution is 6.24. The Balaban J connectivity index is 1.90. The van der Waals surface area contributed by atoms with Crippen molar-refractivity contribution in [3.63, 3.8) is 0 Å². The number of imide groups is 1. The third-order valence-electron chi connectivity index (χ3n) is 4.49. The molecule has 0 bridgehead atoms. The summed E-state index contributed by atoms with van der Waals surface area (Å²) in [4.78, 5) is 50.6. The van der Waals surface area contributed by atoms with E-state index < -0.39 is 34.9 Å². The molecule has 0 spiro atoms. The molecule has 0 fully saturated rings. The van der Waals surface area contributed by atoms with Gasteiger partial charge in [0.2, 0.25) is 5.91 Å². The van der Waals surface area contributed by atoms with Gasteiger partial charge in [0.1, 0.15) is 12.1 Å². The Hall–Kier alpha value is -3.55. The van der Waals surface area contributed by atoms with Crippen LogP contribution in [0.1, 0.15) is 33.2 Å². The molecule has 0 radical (unpaired) electrons. The Morgan fingerprint density at radius 1 is 1.11 bits per heavy atom. The number of carbonyl (C=O) groups is 3. The smallest absolute Gasteiger partial charge is 0.282 e. The molecule has 3 amide bonds. The molecule has 0 aliphatic carbocycles. The maximum Gasteiger partial charge on any atom is 0.282 e. The second-order valence-corrected chi connectivity index (χ2v) is 6.08. The number of aryl methyl sites for hydroxylation is 1. The molecule has 0 saturated carbocycles. The molecule has 2 aromatic carbocycles. The monoisotopic (exact) mass is 367 g/mol. The van der Waals surface area contributed by atoms with Gasteiger partial charge in [-0.1, -0.05) is 24.3 Å². The van der Waals surface area contributed by atoms with Crippen LogP contribution in [0.25, 0.3) is 0 Å². The number of hydrogen-bond donors (Lipinski definition) is 0. The average molecular weight is 367 g/mol. The first-order chi connectivity index (χ1) is 12.9. The van der Waals surface area contributed by atoms with Crippen molar-refractivity contribution in [1.82, 2.24) is 4.90 Å². The lowest BCUT2D eigenvalue weighted by Gasteiger charge is -2.25. The second kappa shape index (κ2) is 6.99. The van der Waals surface area contributed by atoms with E-state index in [1.165, 1.54) is 23.1 Å². The van der Waals surface area contributed by atoms with Crippen molar-refractivity contribution >= 4 is 29.1 Å². The standard InChI is InChI=1S/C19H17N3O5/c1-3-20(14-9-5-4-7-12(14)2)16(23)11-21-18(24)13-8-6-10-15(22(26)27)17(13)19(21)25/h4-10H,3,11H2,1-2H3. The lowest BCUT2D eigenvalue weighted by molar-refractivity contribution is -0.385. The molecule has 8 nitrogen and oxygen atoms in total. The van der Waals surface area contributed by atoms with Crippen LogP contribution in [0.15, 0.2) is 42.5 Å². The van der Waals surface area contributed by atoms with Crippen LogP contribution in [0.3, 0.4) is 0 Å². The Morgan fingerprint density at radius 3 is 2.44 bits per heavy atom. The van der Waals surface area contributed by atoms with Gasteiger partial charge in [-0.15, -0.1) is 0 Å². The normalized spacial score (nSPS) is 12.9. The number of fused-ring (bicyclic) bond motifs is 1. The zero-order valence-corrected chi connectivity index (χ0v) is 14.8. The van der Waals surface area contributed by atoms with E-state index in [-0.39, 0.29) is 11.1 Å². The van der Waals surface area contributed by atoms with Gasteiger partial charge in [0, 0.05) is 18.3 Å². The van der Waals surface area contributed by atoms with E-state index in [0.29, 0.717) is 12.2 Å². The van der Waals surface area contributed by atoms with Gasteiger partial charge in [-0.3, -0.25) is 29.4 Å². The van der Waals surface area contributed by atoms with Gasteiger partial charge >= 0.3 is 0 Å². The number of anilines is 1. The molecular formula is C19H17N3O5. The van der Waals surface area contributed by atoms with E-state index in [9.17, 15) is 24.5 Å². The first kappa shape index (κ1) is 18.2. The van der Waals surface area contributed by atoms with Crippen LogP contribution in [0.2, 0.25) is 0 Å². The zero-order valence-electron chi connectivity index (χ0n) is 14.8. The molecule has 1 heterocycles. The molecule has 1 aliphatic heterocycles. The van der Waals surface area contributed by atoms with Crippen LogP contribution < -0.4 is 4.90 Å². The van der Waals surface area contributed by atoms with Gasteiger partial charge in [0.05, 0.1) is 10.5 Å². The fourth-order valence-electron chi connectivity index (χ4n) is 3.18. The number of nitrogens with zero attached hydrogens (tertiary/aromatic N) is 3. The van der Waals surface area contributed by atoms with Crippen LogP contribution in [0, 0.1) is 17.0 Å². The van der Waals surface area contributed by atoms with Gasteiger partial charge in [-0.25, -0.2) is 0 Å². The minimum Gasteiger partial charge on any atom is -0.311 e. The van der Waals surface area contributed by atoms with Gasteiger partial charge in [-0.05, 0) is 31.5 Å². The number of nitro benzene ring substituents is 1. The van der Waals surface area contributed by atoms with Crippen molar-refractivity contribution in [2.24, 2.45) is 0 Å². The van der Waals surface area contributed by atoms with E-state index in [1.807, 2.05) is 19.1 Å². The molecule has 0 aromatic heterocycles. The van der Waals surface area contributed by atoms with E-state index >= 15 is 0 Å². The average Bonchev–Trinajstić information content (AvgIpc) is 2.89. The minimum absolute atomic E-state index is 0.0547. The maximum atomic E-state index is 12.8. The Labute approximate surface area is 155 Å². The number of amides is 3. The number of para-hydroxylation sites is 1. The number of hydrogen-bond acceptors (Lipinski definition) is 5. The third-order valence-corrected chi connectivity index (χ3v) is 4.49. The molecule has 0 N–H and O–H groups in total. The lowest BCUT2D eigenvalue weighted by Crippen LogP contribution is -2.43. The first-order valence-electron chi connectivity index (χ1n) is 8.36. The van der Waals surface area contributed by atoms with Gasteiger partial charge < -0.3 is 4.90 Å². The van der Waals surface area contributed by atoms with Crippen LogP contribution in [-0.4, -0.2) is 40.6 Å². The molecule has 27 heavy (non-hydrogen) atoms. The summed E-state index contributed by atoms with van der Waals surface area (Å²) in [6.45, 7) is 3.52. The van der Waals surface area contributed by atoms with Gasteiger partial charge in [0.25, 0.3) is 17.5 Å². The molecule has 0 saturated heterocycles. The van der Waals surface area contributed by atoms with Crippen LogP contribution in [-0.2, 0) is 4.79 Å². The number of rotatable bonds is 5. The summed E-state index contributed by atoms with van der Waals surface area (Å²) in [6.07, 6.45) is 0. The lowest BCUT2D eigenvalue weighted by atomic mass is 10.1. The number of likely N-dealkylation sites (N-methyl/N-ethyl adjacent to an activating group) is 1.